The van der Waals surface area contributed by atoms with Gasteiger partial charge < -0.3 is 14.7 Å². The molecule has 1 aliphatic rings. The smallest absolute Gasteiger partial charge is 0.347 e. The Morgan fingerprint density at radius 1 is 1.26 bits per heavy atom. The molecule has 1 amide bonds. The Morgan fingerprint density at radius 2 is 1.97 bits per heavy atom. The van der Waals surface area contributed by atoms with Crippen LogP contribution in [0.5, 0.6) is 5.75 Å². The lowest BCUT2D eigenvalue weighted by Crippen LogP contribution is -2.38. The Balaban J connectivity index is 0.00000199. The maximum atomic E-state index is 13.3. The highest BCUT2D eigenvalue weighted by molar-refractivity contribution is 7.14. The van der Waals surface area contributed by atoms with E-state index in [4.69, 9.17) is 4.74 Å². The van der Waals surface area contributed by atoms with Crippen molar-refractivity contribution < 1.29 is 19.4 Å². The number of carbonyl (C=O) groups excluding carboxylic acids is 1. The molecule has 0 saturated carbocycles. The summed E-state index contributed by atoms with van der Waals surface area (Å²) in [6, 6.07) is 5.54. The first kappa shape index (κ1) is 27.1. The van der Waals surface area contributed by atoms with Gasteiger partial charge in [-0.2, -0.15) is 0 Å². The largest absolute Gasteiger partial charge is 0.478 e. The molecule has 2 heterocycles. The number of allylic oxidation sites excluding steroid dienone is 5. The number of carboxylic acid groups (broad SMARTS) is 1. The van der Waals surface area contributed by atoms with Gasteiger partial charge in [-0.3, -0.25) is 4.79 Å². The standard InChI is InChI=1S/C25H28N2O4S.C2H6/c1-6-8-17(9-7-2)22-26-16(3)21(32-22)23(28)27-13-12-18-14-20(11-10-19(18)15-27)31-25(4,5)24(29)30;1-2/h6-11,14H,1,12-13,15H2,2-5H3,(H,29,30);1-2H3/b9-7-,17-8+;. The monoisotopic (exact) mass is 482 g/mol. The number of aromatic nitrogens is 1. The molecule has 0 fully saturated rings. The summed E-state index contributed by atoms with van der Waals surface area (Å²) in [4.78, 5) is 31.7. The third-order valence-electron chi connectivity index (χ3n) is 5.25. The van der Waals surface area contributed by atoms with E-state index in [-0.39, 0.29) is 5.91 Å². The quantitative estimate of drug-likeness (QED) is 0.485. The average molecular weight is 483 g/mol. The number of aryl methyl sites for hydroxylation is 1. The molecular formula is C27H34N2O4S. The molecule has 0 spiro atoms. The summed E-state index contributed by atoms with van der Waals surface area (Å²) in [6.07, 6.45) is 8.16. The first-order chi connectivity index (χ1) is 16.2. The molecule has 0 saturated heterocycles. The minimum absolute atomic E-state index is 0.0253. The Morgan fingerprint density at radius 3 is 2.59 bits per heavy atom. The maximum absolute atomic E-state index is 13.3. The molecule has 0 bridgehead atoms. The van der Waals surface area contributed by atoms with Gasteiger partial charge in [0.1, 0.15) is 15.6 Å². The molecule has 0 unspecified atom stereocenters. The summed E-state index contributed by atoms with van der Waals surface area (Å²) in [7, 11) is 0. The molecule has 1 N–H and O–H groups in total. The van der Waals surface area contributed by atoms with Gasteiger partial charge in [-0.25, -0.2) is 9.78 Å². The molecule has 7 heteroatoms. The summed E-state index contributed by atoms with van der Waals surface area (Å²) < 4.78 is 5.65. The molecular weight excluding hydrogens is 448 g/mol. The molecule has 1 aliphatic heterocycles. The van der Waals surface area contributed by atoms with Crippen molar-refractivity contribution in [3.05, 3.63) is 75.8 Å². The lowest BCUT2D eigenvalue weighted by Gasteiger charge is -2.29. The van der Waals surface area contributed by atoms with Crippen molar-refractivity contribution >= 4 is 28.8 Å². The SMILES string of the molecule is C=C/C=C(\C=C/C)c1nc(C)c(C(=O)N2CCc3cc(OC(C)(C)C(=O)O)ccc3C2)s1.CC. The van der Waals surface area contributed by atoms with Crippen LogP contribution in [0.1, 0.15) is 66.1 Å². The molecule has 182 valence electrons. The second-order valence-corrected chi connectivity index (χ2v) is 9.12. The van der Waals surface area contributed by atoms with E-state index < -0.39 is 11.6 Å². The van der Waals surface area contributed by atoms with Gasteiger partial charge in [0.25, 0.3) is 5.91 Å². The van der Waals surface area contributed by atoms with Crippen LogP contribution in [-0.2, 0) is 17.8 Å². The summed E-state index contributed by atoms with van der Waals surface area (Å²) in [5, 5.41) is 10.1. The van der Waals surface area contributed by atoms with Gasteiger partial charge in [-0.1, -0.05) is 50.8 Å². The number of amides is 1. The first-order valence-corrected chi connectivity index (χ1v) is 12.2. The predicted molar refractivity (Wildman–Crippen MR) is 138 cm³/mol. The van der Waals surface area contributed by atoms with E-state index in [0.29, 0.717) is 30.1 Å². The number of thiazole rings is 1. The second kappa shape index (κ2) is 11.8. The van der Waals surface area contributed by atoms with Crippen molar-refractivity contribution in [2.24, 2.45) is 0 Å². The summed E-state index contributed by atoms with van der Waals surface area (Å²) >= 11 is 1.40. The topological polar surface area (TPSA) is 79.7 Å². The van der Waals surface area contributed by atoms with Gasteiger partial charge in [0.2, 0.25) is 0 Å². The van der Waals surface area contributed by atoms with E-state index >= 15 is 0 Å². The normalized spacial score (nSPS) is 13.7. The fourth-order valence-electron chi connectivity index (χ4n) is 3.47. The zero-order valence-electron chi connectivity index (χ0n) is 20.8. The van der Waals surface area contributed by atoms with Crippen LogP contribution in [0.3, 0.4) is 0 Å². The molecule has 3 rings (SSSR count). The molecule has 0 atom stereocenters. The molecule has 2 aromatic rings. The van der Waals surface area contributed by atoms with Gasteiger partial charge in [-0.05, 0) is 57.4 Å². The molecule has 0 radical (unpaired) electrons. The highest BCUT2D eigenvalue weighted by Gasteiger charge is 2.30. The van der Waals surface area contributed by atoms with Gasteiger partial charge in [0.05, 0.1) is 5.69 Å². The number of hydrogen-bond donors (Lipinski definition) is 1. The third kappa shape index (κ3) is 6.23. The number of ether oxygens (including phenoxy) is 1. The van der Waals surface area contributed by atoms with Crippen LogP contribution >= 0.6 is 11.3 Å². The van der Waals surface area contributed by atoms with Crippen LogP contribution in [0, 0.1) is 6.92 Å². The Labute approximate surface area is 206 Å². The Hall–Kier alpha value is -3.19. The van der Waals surface area contributed by atoms with Crippen LogP contribution in [0.4, 0.5) is 0 Å². The van der Waals surface area contributed by atoms with E-state index in [9.17, 15) is 14.7 Å². The molecule has 0 aliphatic carbocycles. The van der Waals surface area contributed by atoms with E-state index in [2.05, 4.69) is 11.6 Å². The molecule has 1 aromatic heterocycles. The lowest BCUT2D eigenvalue weighted by atomic mass is 9.99. The van der Waals surface area contributed by atoms with Crippen molar-refractivity contribution in [1.82, 2.24) is 9.88 Å². The predicted octanol–water partition coefficient (Wildman–Crippen LogP) is 6.06. The number of carboxylic acids is 1. The number of hydrogen-bond acceptors (Lipinski definition) is 5. The zero-order chi connectivity index (χ0) is 25.5. The van der Waals surface area contributed by atoms with E-state index in [1.54, 1.807) is 12.1 Å². The average Bonchev–Trinajstić information content (AvgIpc) is 3.20. The van der Waals surface area contributed by atoms with Crippen molar-refractivity contribution in [2.45, 2.75) is 60.1 Å². The second-order valence-electron chi connectivity index (χ2n) is 8.12. The van der Waals surface area contributed by atoms with E-state index in [1.165, 1.54) is 25.2 Å². The summed E-state index contributed by atoms with van der Waals surface area (Å²) in [5.41, 5.74) is 2.45. The van der Waals surface area contributed by atoms with Crippen LogP contribution in [0.2, 0.25) is 0 Å². The van der Waals surface area contributed by atoms with Crippen LogP contribution in [-0.4, -0.2) is 39.0 Å². The third-order valence-corrected chi connectivity index (χ3v) is 6.44. The van der Waals surface area contributed by atoms with E-state index in [1.807, 2.05) is 63.0 Å². The van der Waals surface area contributed by atoms with Crippen molar-refractivity contribution in [2.75, 3.05) is 6.54 Å². The fourth-order valence-corrected chi connectivity index (χ4v) is 4.51. The minimum Gasteiger partial charge on any atom is -0.478 e. The number of benzene rings is 1. The summed E-state index contributed by atoms with van der Waals surface area (Å²) in [6.45, 7) is 15.7. The maximum Gasteiger partial charge on any atom is 0.347 e. The minimum atomic E-state index is -1.31. The molecule has 1 aromatic carbocycles. The van der Waals surface area contributed by atoms with Crippen LogP contribution < -0.4 is 4.74 Å². The van der Waals surface area contributed by atoms with Gasteiger partial charge in [-0.15, -0.1) is 11.3 Å². The van der Waals surface area contributed by atoms with Gasteiger partial charge in [0, 0.05) is 18.7 Å². The number of rotatable bonds is 7. The molecule has 34 heavy (non-hydrogen) atoms. The number of aliphatic carboxylic acids is 1. The Kier molecular flexibility index (Phi) is 9.38. The van der Waals surface area contributed by atoms with Crippen molar-refractivity contribution in [3.63, 3.8) is 0 Å². The van der Waals surface area contributed by atoms with Crippen LogP contribution in [0.25, 0.3) is 5.57 Å². The van der Waals surface area contributed by atoms with Gasteiger partial charge >= 0.3 is 5.97 Å². The number of fused-ring (bicyclic) bond motifs is 1. The number of carbonyl (C=O) groups is 2. The van der Waals surface area contributed by atoms with Crippen molar-refractivity contribution in [1.29, 1.82) is 0 Å². The number of nitrogens with zero attached hydrogens (tertiary/aromatic N) is 2. The molecule has 6 nitrogen and oxygen atoms in total. The first-order valence-electron chi connectivity index (χ1n) is 11.4. The summed E-state index contributed by atoms with van der Waals surface area (Å²) in [5.74, 6) is -0.529. The lowest BCUT2D eigenvalue weighted by molar-refractivity contribution is -0.152. The Bertz CT molecular complexity index is 1110. The zero-order valence-corrected chi connectivity index (χ0v) is 21.7. The highest BCUT2D eigenvalue weighted by atomic mass is 32.1. The van der Waals surface area contributed by atoms with E-state index in [0.717, 1.165) is 27.4 Å². The van der Waals surface area contributed by atoms with Gasteiger partial charge in [0.15, 0.2) is 5.60 Å². The highest BCUT2D eigenvalue weighted by Crippen LogP contribution is 2.30. The fraction of sp³-hybridized carbons (Fsp3) is 0.370. The van der Waals surface area contributed by atoms with Crippen molar-refractivity contribution in [3.8, 4) is 5.75 Å². The van der Waals surface area contributed by atoms with Crippen LogP contribution in [0.15, 0.2) is 49.1 Å².